The number of carbonyl (C=O) groups is 1. The fraction of sp³-hybridized carbons (Fsp3) is 0.917. The van der Waals surface area contributed by atoms with E-state index in [1.54, 1.807) is 0 Å². The molecule has 3 heteroatoms. The van der Waals surface area contributed by atoms with Crippen molar-refractivity contribution in [3.63, 3.8) is 0 Å². The van der Waals surface area contributed by atoms with Crippen LogP contribution >= 0.6 is 0 Å². The molecule has 1 rings (SSSR count). The van der Waals surface area contributed by atoms with Crippen LogP contribution in [0.4, 0.5) is 0 Å². The standard InChI is InChI=1S/C12H23NO2/c1-4-15-11(14)7-12(8-13)5-9(2)10(3)6-12/h9-10H,4-8,13H2,1-3H3/t9-,10-/m0/s1. The van der Waals surface area contributed by atoms with E-state index in [1.165, 1.54) is 0 Å². The van der Waals surface area contributed by atoms with E-state index in [4.69, 9.17) is 10.5 Å². The highest BCUT2D eigenvalue weighted by Gasteiger charge is 2.42. The van der Waals surface area contributed by atoms with Gasteiger partial charge in [0, 0.05) is 0 Å². The minimum Gasteiger partial charge on any atom is -0.466 e. The third-order valence-corrected chi connectivity index (χ3v) is 3.74. The van der Waals surface area contributed by atoms with Gasteiger partial charge in [-0.3, -0.25) is 4.79 Å². The first-order chi connectivity index (χ1) is 7.03. The SMILES string of the molecule is CCOC(=O)CC1(CN)C[C@H](C)[C@@H](C)C1. The summed E-state index contributed by atoms with van der Waals surface area (Å²) in [6.45, 7) is 7.39. The Morgan fingerprint density at radius 3 is 2.33 bits per heavy atom. The van der Waals surface area contributed by atoms with Crippen molar-refractivity contribution in [1.29, 1.82) is 0 Å². The molecule has 0 heterocycles. The van der Waals surface area contributed by atoms with Crippen LogP contribution in [-0.2, 0) is 9.53 Å². The molecule has 0 aromatic heterocycles. The van der Waals surface area contributed by atoms with Crippen LogP contribution in [0.25, 0.3) is 0 Å². The topological polar surface area (TPSA) is 52.3 Å². The number of rotatable bonds is 4. The van der Waals surface area contributed by atoms with Gasteiger partial charge in [0.05, 0.1) is 13.0 Å². The minimum atomic E-state index is -0.0933. The van der Waals surface area contributed by atoms with Gasteiger partial charge >= 0.3 is 5.97 Å². The van der Waals surface area contributed by atoms with Crippen molar-refractivity contribution >= 4 is 5.97 Å². The van der Waals surface area contributed by atoms with Crippen LogP contribution in [0, 0.1) is 17.3 Å². The Kier molecular flexibility index (Phi) is 4.14. The second kappa shape index (κ2) is 4.97. The highest BCUT2D eigenvalue weighted by molar-refractivity contribution is 5.70. The molecular formula is C12H23NO2. The molecule has 1 saturated carbocycles. The minimum absolute atomic E-state index is 0.00505. The first-order valence-corrected chi connectivity index (χ1v) is 5.88. The molecule has 1 fully saturated rings. The Morgan fingerprint density at radius 2 is 1.93 bits per heavy atom. The van der Waals surface area contributed by atoms with Crippen LogP contribution in [0.1, 0.15) is 40.0 Å². The largest absolute Gasteiger partial charge is 0.466 e. The average molecular weight is 213 g/mol. The molecule has 2 N–H and O–H groups in total. The Hall–Kier alpha value is -0.570. The van der Waals surface area contributed by atoms with Crippen molar-refractivity contribution in [2.75, 3.05) is 13.2 Å². The molecule has 0 aromatic carbocycles. The Morgan fingerprint density at radius 1 is 1.40 bits per heavy atom. The summed E-state index contributed by atoms with van der Waals surface area (Å²) in [7, 11) is 0. The molecule has 0 spiro atoms. The maximum atomic E-state index is 11.5. The van der Waals surface area contributed by atoms with E-state index in [1.807, 2.05) is 6.92 Å². The van der Waals surface area contributed by atoms with E-state index in [0.29, 0.717) is 31.4 Å². The Balaban J connectivity index is 2.59. The molecule has 0 aromatic rings. The monoisotopic (exact) mass is 213 g/mol. The second-order valence-corrected chi connectivity index (χ2v) is 5.05. The van der Waals surface area contributed by atoms with E-state index in [9.17, 15) is 4.79 Å². The molecule has 0 aliphatic heterocycles. The normalized spacial score (nSPS) is 29.1. The highest BCUT2D eigenvalue weighted by atomic mass is 16.5. The quantitative estimate of drug-likeness (QED) is 0.726. The van der Waals surface area contributed by atoms with Crippen molar-refractivity contribution in [3.05, 3.63) is 0 Å². The van der Waals surface area contributed by atoms with Gasteiger partial charge in [0.15, 0.2) is 0 Å². The molecule has 15 heavy (non-hydrogen) atoms. The number of hydrogen-bond acceptors (Lipinski definition) is 3. The maximum Gasteiger partial charge on any atom is 0.306 e. The molecule has 0 bridgehead atoms. The van der Waals surface area contributed by atoms with Gasteiger partial charge < -0.3 is 10.5 Å². The summed E-state index contributed by atoms with van der Waals surface area (Å²) < 4.78 is 5.01. The fourth-order valence-corrected chi connectivity index (χ4v) is 2.75. The maximum absolute atomic E-state index is 11.5. The third-order valence-electron chi connectivity index (χ3n) is 3.74. The van der Waals surface area contributed by atoms with Crippen LogP contribution in [-0.4, -0.2) is 19.1 Å². The third kappa shape index (κ3) is 2.94. The van der Waals surface area contributed by atoms with Gasteiger partial charge in [0.1, 0.15) is 0 Å². The van der Waals surface area contributed by atoms with Gasteiger partial charge in [0.2, 0.25) is 0 Å². The summed E-state index contributed by atoms with van der Waals surface area (Å²) >= 11 is 0. The summed E-state index contributed by atoms with van der Waals surface area (Å²) in [5.41, 5.74) is 5.83. The molecule has 1 aliphatic rings. The number of nitrogens with two attached hydrogens (primary N) is 1. The number of carbonyl (C=O) groups excluding carboxylic acids is 1. The van der Waals surface area contributed by atoms with E-state index in [2.05, 4.69) is 13.8 Å². The van der Waals surface area contributed by atoms with Crippen LogP contribution < -0.4 is 5.73 Å². The molecule has 0 radical (unpaired) electrons. The zero-order valence-electron chi connectivity index (χ0n) is 10.1. The van der Waals surface area contributed by atoms with Crippen molar-refractivity contribution in [2.24, 2.45) is 23.0 Å². The first kappa shape index (κ1) is 12.5. The Bertz CT molecular complexity index is 218. The summed E-state index contributed by atoms with van der Waals surface area (Å²) in [4.78, 5) is 11.5. The first-order valence-electron chi connectivity index (χ1n) is 5.88. The molecule has 1 aliphatic carbocycles. The number of ether oxygens (including phenoxy) is 1. The summed E-state index contributed by atoms with van der Waals surface area (Å²) in [6, 6.07) is 0. The van der Waals surface area contributed by atoms with Gasteiger partial charge in [-0.15, -0.1) is 0 Å². The number of hydrogen-bond donors (Lipinski definition) is 1. The van der Waals surface area contributed by atoms with Crippen LogP contribution in [0.15, 0.2) is 0 Å². The van der Waals surface area contributed by atoms with Crippen LogP contribution in [0.5, 0.6) is 0 Å². The zero-order chi connectivity index (χ0) is 11.5. The van der Waals surface area contributed by atoms with Gasteiger partial charge in [0.25, 0.3) is 0 Å². The van der Waals surface area contributed by atoms with E-state index in [0.717, 1.165) is 12.8 Å². The molecule has 88 valence electrons. The molecule has 0 amide bonds. The van der Waals surface area contributed by atoms with Crippen LogP contribution in [0.2, 0.25) is 0 Å². The molecule has 0 saturated heterocycles. The predicted octanol–water partition coefficient (Wildman–Crippen LogP) is 1.95. The molecular weight excluding hydrogens is 190 g/mol. The van der Waals surface area contributed by atoms with E-state index in [-0.39, 0.29) is 11.4 Å². The van der Waals surface area contributed by atoms with Gasteiger partial charge in [-0.05, 0) is 43.6 Å². The fourth-order valence-electron chi connectivity index (χ4n) is 2.75. The van der Waals surface area contributed by atoms with Crippen molar-refractivity contribution in [1.82, 2.24) is 0 Å². The van der Waals surface area contributed by atoms with Gasteiger partial charge in [-0.25, -0.2) is 0 Å². The summed E-state index contributed by atoms with van der Waals surface area (Å²) in [5, 5.41) is 0. The molecule has 3 nitrogen and oxygen atoms in total. The van der Waals surface area contributed by atoms with Gasteiger partial charge in [-0.2, -0.15) is 0 Å². The van der Waals surface area contributed by atoms with E-state index < -0.39 is 0 Å². The predicted molar refractivity (Wildman–Crippen MR) is 60.3 cm³/mol. The molecule has 2 atom stereocenters. The lowest BCUT2D eigenvalue weighted by Crippen LogP contribution is -2.31. The summed E-state index contributed by atoms with van der Waals surface area (Å²) in [5.74, 6) is 1.25. The van der Waals surface area contributed by atoms with Crippen molar-refractivity contribution in [2.45, 2.75) is 40.0 Å². The average Bonchev–Trinajstić information content (AvgIpc) is 2.43. The molecule has 0 unspecified atom stereocenters. The van der Waals surface area contributed by atoms with Crippen LogP contribution in [0.3, 0.4) is 0 Å². The second-order valence-electron chi connectivity index (χ2n) is 5.05. The van der Waals surface area contributed by atoms with Gasteiger partial charge in [-0.1, -0.05) is 13.8 Å². The summed E-state index contributed by atoms with van der Waals surface area (Å²) in [6.07, 6.45) is 2.61. The number of esters is 1. The highest BCUT2D eigenvalue weighted by Crippen LogP contribution is 2.47. The Labute approximate surface area is 92.4 Å². The lowest BCUT2D eigenvalue weighted by atomic mass is 9.82. The lowest BCUT2D eigenvalue weighted by Gasteiger charge is -2.26. The van der Waals surface area contributed by atoms with Crippen molar-refractivity contribution < 1.29 is 9.53 Å². The zero-order valence-corrected chi connectivity index (χ0v) is 10.1. The van der Waals surface area contributed by atoms with E-state index >= 15 is 0 Å². The smallest absolute Gasteiger partial charge is 0.306 e. The van der Waals surface area contributed by atoms with Crippen molar-refractivity contribution in [3.8, 4) is 0 Å². The lowest BCUT2D eigenvalue weighted by molar-refractivity contribution is -0.145.